The molecule has 42 heavy (non-hydrogen) atoms. The molecule has 0 bridgehead atoms. The van der Waals surface area contributed by atoms with Gasteiger partial charge in [-0.3, -0.25) is 0 Å². The van der Waals surface area contributed by atoms with Crippen LogP contribution in [0.2, 0.25) is 0 Å². The van der Waals surface area contributed by atoms with Crippen LogP contribution in [0.15, 0.2) is 0 Å². The Morgan fingerprint density at radius 2 is 0.190 bits per heavy atom. The molecule has 10 heteroatoms. The fourth-order valence-corrected chi connectivity index (χ4v) is 0. The van der Waals surface area contributed by atoms with Crippen molar-refractivity contribution in [2.75, 3.05) is 0 Å². The van der Waals surface area contributed by atoms with Crippen LogP contribution in [0.3, 0.4) is 0 Å². The third-order valence-corrected chi connectivity index (χ3v) is 0. The molecule has 0 saturated heterocycles. The first-order valence-corrected chi connectivity index (χ1v) is 13.6. The average molecular weight is 724 g/mol. The maximum Gasteiger partial charge on any atom is 4.00 e. The van der Waals surface area contributed by atoms with Gasteiger partial charge in [0.15, 0.2) is 0 Å². The minimum absolute atomic E-state index is 0. The summed E-state index contributed by atoms with van der Waals surface area (Å²) >= 11 is 0. The normalized spacial score (nSPS) is 11.4. The van der Waals surface area contributed by atoms with Crippen molar-refractivity contribution in [3.63, 3.8) is 0 Å². The van der Waals surface area contributed by atoms with E-state index in [9.17, 15) is 40.9 Å². The Balaban J connectivity index is -0.0000000346. The number of hydrogen-bond donors (Lipinski definition) is 0. The molecule has 0 saturated carbocycles. The summed E-state index contributed by atoms with van der Waals surface area (Å²) in [5.74, 6) is 0. The molecule has 0 aromatic rings. The maximum absolute atomic E-state index is 10.1. The first-order valence-electron chi connectivity index (χ1n) is 13.6. The van der Waals surface area contributed by atoms with Crippen LogP contribution >= 0.6 is 0 Å². The van der Waals surface area contributed by atoms with E-state index in [0.717, 1.165) is 0 Å². The van der Waals surface area contributed by atoms with Gasteiger partial charge < -0.3 is 40.9 Å². The summed E-state index contributed by atoms with van der Waals surface area (Å²) in [6.07, 6.45) is 0. The zero-order chi connectivity index (χ0) is 36.0. The van der Waals surface area contributed by atoms with Crippen LogP contribution in [0.25, 0.3) is 0 Å². The van der Waals surface area contributed by atoms with Crippen LogP contribution < -0.4 is 40.9 Å². The van der Waals surface area contributed by atoms with Crippen LogP contribution in [-0.2, 0) is 47.9 Å². The Morgan fingerprint density at radius 3 is 0.190 bits per heavy atom. The van der Waals surface area contributed by atoms with Gasteiger partial charge in [-0.15, -0.1) is 44.8 Å². The van der Waals surface area contributed by atoms with Crippen LogP contribution in [0.1, 0.15) is 166 Å². The van der Waals surface area contributed by atoms with Gasteiger partial charge in [-0.05, 0) is 0 Å². The minimum Gasteiger partial charge on any atom is -0.850 e. The van der Waals surface area contributed by atoms with E-state index in [1.165, 1.54) is 0 Å². The molecule has 0 aromatic carbocycles. The number of hydrogen-bond acceptors (Lipinski definition) is 8. The second-order valence-electron chi connectivity index (χ2n) is 16.9. The molecule has 0 atom stereocenters. The summed E-state index contributed by atoms with van der Waals surface area (Å²) in [5, 5.41) is 80.8. The third-order valence-electron chi connectivity index (χ3n) is 0. The van der Waals surface area contributed by atoms with Crippen molar-refractivity contribution in [3.05, 3.63) is 0 Å². The molecular weight excluding hydrogens is 651 g/mol. The van der Waals surface area contributed by atoms with E-state index in [4.69, 9.17) is 0 Å². The molecule has 0 amide bonds. The molecule has 256 valence electrons. The molecule has 0 aromatic heterocycles. The fraction of sp³-hybridized carbons (Fsp3) is 1.00. The van der Waals surface area contributed by atoms with E-state index >= 15 is 0 Å². The summed E-state index contributed by atoms with van der Waals surface area (Å²) < 4.78 is 0. The van der Waals surface area contributed by atoms with Gasteiger partial charge in [0.2, 0.25) is 0 Å². The quantitative estimate of drug-likeness (QED) is 0.334. The van der Waals surface area contributed by atoms with Crippen LogP contribution in [-0.4, -0.2) is 44.8 Å². The Hall–Kier alpha value is 1.28. The zero-order valence-electron chi connectivity index (χ0n) is 32.3. The van der Waals surface area contributed by atoms with Crippen molar-refractivity contribution in [2.45, 2.75) is 211 Å². The van der Waals surface area contributed by atoms with Crippen molar-refractivity contribution in [1.29, 1.82) is 0 Å². The molecule has 8 nitrogen and oxygen atoms in total. The van der Waals surface area contributed by atoms with Crippen LogP contribution in [0.4, 0.5) is 0 Å². The molecule has 0 heterocycles. The third kappa shape index (κ3) is 41000. The molecule has 0 spiro atoms. The molecule has 0 unspecified atom stereocenters. The van der Waals surface area contributed by atoms with Crippen molar-refractivity contribution >= 4 is 0 Å². The first-order chi connectivity index (χ1) is 16.0. The van der Waals surface area contributed by atoms with Gasteiger partial charge in [-0.25, -0.2) is 0 Å². The van der Waals surface area contributed by atoms with E-state index in [1.807, 2.05) is 0 Å². The van der Waals surface area contributed by atoms with Gasteiger partial charge in [-0.1, -0.05) is 166 Å². The van der Waals surface area contributed by atoms with Gasteiger partial charge in [0, 0.05) is 0 Å². The Morgan fingerprint density at radius 1 is 0.190 bits per heavy atom. The van der Waals surface area contributed by atoms with E-state index in [-0.39, 0.29) is 47.9 Å². The van der Waals surface area contributed by atoms with Crippen LogP contribution in [0, 0.1) is 0 Å². The van der Waals surface area contributed by atoms with E-state index < -0.39 is 44.8 Å². The maximum atomic E-state index is 10.1. The van der Waals surface area contributed by atoms with E-state index in [0.29, 0.717) is 0 Å². The van der Waals surface area contributed by atoms with Crippen molar-refractivity contribution < 1.29 is 88.8 Å². The smallest absolute Gasteiger partial charge is 0.850 e. The van der Waals surface area contributed by atoms with E-state index in [1.54, 1.807) is 166 Å². The van der Waals surface area contributed by atoms with Gasteiger partial charge >= 0.3 is 47.9 Å². The second-order valence-corrected chi connectivity index (χ2v) is 16.9. The van der Waals surface area contributed by atoms with Gasteiger partial charge in [0.05, 0.1) is 0 Å². The predicted molar refractivity (Wildman–Crippen MR) is 158 cm³/mol. The van der Waals surface area contributed by atoms with Crippen molar-refractivity contribution in [1.82, 2.24) is 0 Å². The van der Waals surface area contributed by atoms with Crippen LogP contribution in [0.5, 0.6) is 0 Å². The Labute approximate surface area is 298 Å². The fourth-order valence-electron chi connectivity index (χ4n) is 0. The molecule has 0 aliphatic carbocycles. The molecule has 0 aliphatic rings. The standard InChI is InChI=1S/8C4H9O.Ti.Zr/c8*1-4(2,3)5;;/h8*1-3H3;;/q8*-1;2*+4. The summed E-state index contributed by atoms with van der Waals surface area (Å²) in [6, 6.07) is 0. The molecular formula is C32H72O8TiZr. The largest absolute Gasteiger partial charge is 4.00 e. The SMILES string of the molecule is CC(C)(C)[O-].CC(C)(C)[O-].CC(C)(C)[O-].CC(C)(C)[O-].CC(C)(C)[O-].CC(C)(C)[O-].CC(C)(C)[O-].CC(C)(C)[O-].[Ti+4].[Zr+4]. The molecule has 0 aliphatic heterocycles. The first kappa shape index (κ1) is 69.9. The summed E-state index contributed by atoms with van der Waals surface area (Å²) in [6.45, 7) is 39.2. The summed E-state index contributed by atoms with van der Waals surface area (Å²) in [4.78, 5) is 0. The summed E-state index contributed by atoms with van der Waals surface area (Å²) in [5.41, 5.74) is -6.00. The topological polar surface area (TPSA) is 184 Å². The zero-order valence-corrected chi connectivity index (χ0v) is 36.3. The van der Waals surface area contributed by atoms with Crippen molar-refractivity contribution in [2.24, 2.45) is 0 Å². The van der Waals surface area contributed by atoms with E-state index in [2.05, 4.69) is 0 Å². The monoisotopic (exact) mass is 722 g/mol. The molecule has 0 radical (unpaired) electrons. The van der Waals surface area contributed by atoms with Crippen molar-refractivity contribution in [3.8, 4) is 0 Å². The average Bonchev–Trinajstić information content (AvgIpc) is 2.16. The molecule has 0 N–H and O–H groups in total. The van der Waals surface area contributed by atoms with Gasteiger partial charge in [-0.2, -0.15) is 0 Å². The predicted octanol–water partition coefficient (Wildman–Crippen LogP) is 1.16. The molecule has 0 fully saturated rings. The minimum atomic E-state index is -0.750. The van der Waals surface area contributed by atoms with Gasteiger partial charge in [0.25, 0.3) is 0 Å². The Bertz CT molecular complexity index is 311. The summed E-state index contributed by atoms with van der Waals surface area (Å²) in [7, 11) is 0. The van der Waals surface area contributed by atoms with Gasteiger partial charge in [0.1, 0.15) is 0 Å². The Kier molecular flexibility index (Phi) is 49.3. The second kappa shape index (κ2) is 29.7. The number of rotatable bonds is 0. The molecule has 0 rings (SSSR count).